The van der Waals surface area contributed by atoms with Gasteiger partial charge >= 0.3 is 0 Å². The van der Waals surface area contributed by atoms with Crippen LogP contribution in [0.2, 0.25) is 0 Å². The number of aliphatic hydroxyl groups is 1. The molecule has 0 radical (unpaired) electrons. The Hall–Kier alpha value is -0.680. The summed E-state index contributed by atoms with van der Waals surface area (Å²) in [5.74, 6) is 0.374. The lowest BCUT2D eigenvalue weighted by Crippen LogP contribution is -1.77. The molecule has 1 heteroatoms. The fourth-order valence-corrected chi connectivity index (χ4v) is 0.583. The van der Waals surface area contributed by atoms with Crippen molar-refractivity contribution in [1.82, 2.24) is 0 Å². The molecule has 0 aromatic rings. The van der Waals surface area contributed by atoms with Gasteiger partial charge < -0.3 is 5.11 Å². The van der Waals surface area contributed by atoms with Gasteiger partial charge in [-0.15, -0.1) is 0 Å². The fraction of sp³-hybridized carbons (Fsp3) is 0.625. The average Bonchev–Trinajstić information content (AvgIpc) is 1.85. The van der Waals surface area contributed by atoms with Gasteiger partial charge in [-0.05, 0) is 19.4 Å². The lowest BCUT2D eigenvalue weighted by molar-refractivity contribution is 0.384. The van der Waals surface area contributed by atoms with Gasteiger partial charge in [-0.1, -0.05) is 19.1 Å². The van der Waals surface area contributed by atoms with Crippen LogP contribution < -0.4 is 0 Å². The van der Waals surface area contributed by atoms with Gasteiger partial charge in [0, 0.05) is 6.42 Å². The van der Waals surface area contributed by atoms with Crippen LogP contribution in [0, 0.1) is 0 Å². The largest absolute Gasteiger partial charge is 0.505 e. The van der Waals surface area contributed by atoms with Crippen molar-refractivity contribution in [3.05, 3.63) is 17.6 Å². The van der Waals surface area contributed by atoms with Crippen LogP contribution in [-0.2, 0) is 0 Å². The molecule has 52 valence electrons. The van der Waals surface area contributed by atoms with Crippen molar-refractivity contribution < 1.29 is 5.11 Å². The smallest absolute Gasteiger partial charge is 0.134 e. The maximum atomic E-state index is 8.95. The van der Waals surface area contributed by atoms with E-state index in [0.717, 1.165) is 19.3 Å². The molecular weight excluding hydrogens is 112 g/mol. The number of allylic oxidation sites excluding steroid dienone is 1. The Balaban J connectivity index is 3.50. The first-order chi connectivity index (χ1) is 4.31. The van der Waals surface area contributed by atoms with E-state index < -0.39 is 0 Å². The number of aliphatic hydroxyl groups excluding tert-OH is 1. The van der Waals surface area contributed by atoms with Crippen molar-refractivity contribution >= 4 is 0 Å². The van der Waals surface area contributed by atoms with E-state index in [1.54, 1.807) is 6.08 Å². The Morgan fingerprint density at radius 2 is 2.33 bits per heavy atom. The molecule has 9 heavy (non-hydrogen) atoms. The maximum absolute atomic E-state index is 8.95. The molecule has 0 fully saturated rings. The first-order valence-electron chi connectivity index (χ1n) is 3.40. The van der Waals surface area contributed by atoms with E-state index in [9.17, 15) is 0 Å². The van der Waals surface area contributed by atoms with Crippen molar-refractivity contribution in [1.29, 1.82) is 0 Å². The van der Waals surface area contributed by atoms with Gasteiger partial charge in [-0.2, -0.15) is 0 Å². The van der Waals surface area contributed by atoms with E-state index in [-0.39, 0.29) is 0 Å². The lowest BCUT2D eigenvalue weighted by Gasteiger charge is -1.91. The summed E-state index contributed by atoms with van der Waals surface area (Å²) in [6, 6.07) is 0. The third-order valence-corrected chi connectivity index (χ3v) is 1.08. The van der Waals surface area contributed by atoms with Gasteiger partial charge in [0.25, 0.3) is 0 Å². The normalized spacial score (nSPS) is 8.22. The van der Waals surface area contributed by atoms with Gasteiger partial charge in [0.05, 0.1) is 0 Å². The van der Waals surface area contributed by atoms with Crippen molar-refractivity contribution in [2.24, 2.45) is 0 Å². The molecule has 0 saturated carbocycles. The van der Waals surface area contributed by atoms with Crippen LogP contribution in [0.4, 0.5) is 0 Å². The number of hydrogen-bond donors (Lipinski definition) is 1. The van der Waals surface area contributed by atoms with Crippen LogP contribution in [-0.4, -0.2) is 5.11 Å². The molecule has 0 unspecified atom stereocenters. The summed E-state index contributed by atoms with van der Waals surface area (Å²) < 4.78 is 0. The molecule has 0 spiro atoms. The Kier molecular flexibility index (Phi) is 5.04. The summed E-state index contributed by atoms with van der Waals surface area (Å²) >= 11 is 0. The number of unbranched alkanes of at least 4 members (excludes halogenated alkanes) is 1. The van der Waals surface area contributed by atoms with E-state index in [0.29, 0.717) is 5.76 Å². The highest BCUT2D eigenvalue weighted by atomic mass is 16.3. The molecule has 1 nitrogen and oxygen atoms in total. The van der Waals surface area contributed by atoms with E-state index in [1.807, 2.05) is 6.92 Å². The van der Waals surface area contributed by atoms with E-state index >= 15 is 0 Å². The molecular formula is C8H14O. The van der Waals surface area contributed by atoms with Gasteiger partial charge in [-0.25, -0.2) is 0 Å². The molecule has 0 aliphatic heterocycles. The van der Waals surface area contributed by atoms with Crippen LogP contribution in [0.3, 0.4) is 0 Å². The lowest BCUT2D eigenvalue weighted by atomic mass is 10.2. The predicted octanol–water partition coefficient (Wildman–Crippen LogP) is 2.79. The molecule has 0 rings (SSSR count). The van der Waals surface area contributed by atoms with E-state index in [2.05, 4.69) is 12.7 Å². The quantitative estimate of drug-likeness (QED) is 0.455. The Labute approximate surface area is 56.7 Å². The molecule has 0 saturated heterocycles. The minimum Gasteiger partial charge on any atom is -0.505 e. The Morgan fingerprint density at radius 3 is 2.78 bits per heavy atom. The summed E-state index contributed by atoms with van der Waals surface area (Å²) in [4.78, 5) is 0. The third kappa shape index (κ3) is 5.19. The second kappa shape index (κ2) is 5.46. The highest BCUT2D eigenvalue weighted by molar-refractivity contribution is 4.89. The van der Waals surface area contributed by atoms with Crippen LogP contribution in [0.15, 0.2) is 17.6 Å². The van der Waals surface area contributed by atoms with Crippen molar-refractivity contribution in [3.8, 4) is 0 Å². The Morgan fingerprint density at radius 1 is 1.67 bits per heavy atom. The first-order valence-corrected chi connectivity index (χ1v) is 3.40. The van der Waals surface area contributed by atoms with Crippen molar-refractivity contribution in [2.75, 3.05) is 0 Å². The monoisotopic (exact) mass is 126 g/mol. The minimum absolute atomic E-state index is 0.374. The second-order valence-electron chi connectivity index (χ2n) is 1.98. The third-order valence-electron chi connectivity index (χ3n) is 1.08. The summed E-state index contributed by atoms with van der Waals surface area (Å²) in [5, 5.41) is 8.95. The summed E-state index contributed by atoms with van der Waals surface area (Å²) in [5.41, 5.74) is 2.73. The topological polar surface area (TPSA) is 20.2 Å². The molecule has 0 bridgehead atoms. The zero-order valence-corrected chi connectivity index (χ0v) is 6.15. The predicted molar refractivity (Wildman–Crippen MR) is 39.4 cm³/mol. The summed E-state index contributed by atoms with van der Waals surface area (Å²) in [7, 11) is 0. The SMILES string of the molecule is CC=C=C(O)CCCC. The average molecular weight is 126 g/mol. The summed E-state index contributed by atoms with van der Waals surface area (Å²) in [6.07, 6.45) is 4.66. The molecule has 0 aromatic carbocycles. The molecule has 0 atom stereocenters. The van der Waals surface area contributed by atoms with Crippen LogP contribution in [0.1, 0.15) is 33.1 Å². The first kappa shape index (κ1) is 8.32. The van der Waals surface area contributed by atoms with E-state index in [4.69, 9.17) is 5.11 Å². The number of hydrogen-bond acceptors (Lipinski definition) is 1. The second-order valence-corrected chi connectivity index (χ2v) is 1.98. The zero-order valence-electron chi connectivity index (χ0n) is 6.15. The highest BCUT2D eigenvalue weighted by Gasteiger charge is 1.87. The fourth-order valence-electron chi connectivity index (χ4n) is 0.583. The number of rotatable bonds is 3. The molecule has 0 amide bonds. The van der Waals surface area contributed by atoms with Crippen LogP contribution >= 0.6 is 0 Å². The van der Waals surface area contributed by atoms with E-state index in [1.165, 1.54) is 0 Å². The summed E-state index contributed by atoms with van der Waals surface area (Å²) in [6.45, 7) is 3.95. The van der Waals surface area contributed by atoms with Crippen LogP contribution in [0.25, 0.3) is 0 Å². The van der Waals surface area contributed by atoms with Gasteiger partial charge in [0.1, 0.15) is 5.76 Å². The maximum Gasteiger partial charge on any atom is 0.134 e. The van der Waals surface area contributed by atoms with Gasteiger partial charge in [-0.3, -0.25) is 0 Å². The molecule has 0 aliphatic rings. The van der Waals surface area contributed by atoms with Crippen molar-refractivity contribution in [3.63, 3.8) is 0 Å². The standard InChI is InChI=1S/C8H14O/c1-3-5-7-8(9)6-4-2/h4,9H,3,5,7H2,1-2H3. The minimum atomic E-state index is 0.374. The van der Waals surface area contributed by atoms with Crippen molar-refractivity contribution in [2.45, 2.75) is 33.1 Å². The molecule has 0 heterocycles. The highest BCUT2D eigenvalue weighted by Crippen LogP contribution is 2.00. The molecule has 1 N–H and O–H groups in total. The molecule has 0 aromatic heterocycles. The Bertz CT molecular complexity index is 119. The van der Waals surface area contributed by atoms with Crippen LogP contribution in [0.5, 0.6) is 0 Å². The molecule has 0 aliphatic carbocycles. The van der Waals surface area contributed by atoms with Gasteiger partial charge in [0.15, 0.2) is 0 Å². The zero-order chi connectivity index (χ0) is 7.11. The van der Waals surface area contributed by atoms with Gasteiger partial charge in [0.2, 0.25) is 0 Å².